The molecule has 0 fully saturated rings. The number of aromatic nitrogens is 2. The molecule has 0 saturated carbocycles. The molecule has 0 spiro atoms. The minimum atomic E-state index is 0.0642. The Kier molecular flexibility index (Phi) is 3.93. The molecule has 1 N–H and O–H groups in total. The van der Waals surface area contributed by atoms with E-state index in [2.05, 4.69) is 38.0 Å². The van der Waals surface area contributed by atoms with Gasteiger partial charge in [0.1, 0.15) is 0 Å². The first kappa shape index (κ1) is 13.7. The van der Waals surface area contributed by atoms with Crippen molar-refractivity contribution in [2.45, 2.75) is 47.0 Å². The van der Waals surface area contributed by atoms with Crippen molar-refractivity contribution in [3.05, 3.63) is 50.9 Å². The normalized spacial score (nSPS) is 10.9. The zero-order chi connectivity index (χ0) is 14.0. The van der Waals surface area contributed by atoms with Gasteiger partial charge in [0.25, 0.3) is 5.56 Å². The van der Waals surface area contributed by atoms with Gasteiger partial charge in [0.2, 0.25) is 0 Å². The molecule has 0 radical (unpaired) electrons. The fraction of sp³-hybridized carbons (Fsp3) is 0.438. The van der Waals surface area contributed by atoms with Gasteiger partial charge in [-0.05, 0) is 56.9 Å². The van der Waals surface area contributed by atoms with E-state index in [1.54, 1.807) is 4.68 Å². The van der Waals surface area contributed by atoms with Crippen molar-refractivity contribution >= 4 is 0 Å². The van der Waals surface area contributed by atoms with Crippen LogP contribution in [-0.4, -0.2) is 9.78 Å². The zero-order valence-corrected chi connectivity index (χ0v) is 12.2. The summed E-state index contributed by atoms with van der Waals surface area (Å²) in [6, 6.07) is 6.10. The lowest BCUT2D eigenvalue weighted by atomic mass is 10.1. The Morgan fingerprint density at radius 3 is 2.53 bits per heavy atom. The highest BCUT2D eigenvalue weighted by atomic mass is 16.1. The molecule has 0 atom stereocenters. The van der Waals surface area contributed by atoms with Gasteiger partial charge in [-0.25, -0.2) is 4.68 Å². The number of H-pyrrole nitrogens is 1. The van der Waals surface area contributed by atoms with Crippen LogP contribution in [-0.2, 0) is 6.42 Å². The minimum Gasteiger partial charge on any atom is -0.295 e. The molecule has 2 rings (SSSR count). The van der Waals surface area contributed by atoms with Gasteiger partial charge in [0, 0.05) is 11.3 Å². The monoisotopic (exact) mass is 258 g/mol. The quantitative estimate of drug-likeness (QED) is 0.896. The SMILES string of the molecule is CCCCc1[nH]n(-c2ccc(C)c(C)c2)c(=O)c1C. The van der Waals surface area contributed by atoms with E-state index in [9.17, 15) is 4.79 Å². The number of benzene rings is 1. The van der Waals surface area contributed by atoms with Crippen LogP contribution in [0.5, 0.6) is 0 Å². The van der Waals surface area contributed by atoms with Crippen LogP contribution in [0, 0.1) is 20.8 Å². The van der Waals surface area contributed by atoms with Crippen LogP contribution >= 0.6 is 0 Å². The summed E-state index contributed by atoms with van der Waals surface area (Å²) in [5.41, 5.74) is 5.32. The average Bonchev–Trinajstić information content (AvgIpc) is 2.67. The first-order valence-electron chi connectivity index (χ1n) is 6.92. The Morgan fingerprint density at radius 2 is 1.89 bits per heavy atom. The van der Waals surface area contributed by atoms with Crippen molar-refractivity contribution in [2.75, 3.05) is 0 Å². The molecule has 0 bridgehead atoms. The Balaban J connectivity index is 2.45. The number of rotatable bonds is 4. The van der Waals surface area contributed by atoms with Crippen LogP contribution in [0.1, 0.15) is 42.1 Å². The van der Waals surface area contributed by atoms with Crippen LogP contribution < -0.4 is 5.56 Å². The van der Waals surface area contributed by atoms with E-state index in [1.807, 2.05) is 13.0 Å². The van der Waals surface area contributed by atoms with Crippen LogP contribution in [0.15, 0.2) is 23.0 Å². The first-order valence-corrected chi connectivity index (χ1v) is 6.92. The number of aryl methyl sites for hydroxylation is 3. The number of aromatic amines is 1. The van der Waals surface area contributed by atoms with Gasteiger partial charge >= 0.3 is 0 Å². The lowest BCUT2D eigenvalue weighted by Crippen LogP contribution is -2.15. The van der Waals surface area contributed by atoms with Crippen molar-refractivity contribution in [1.82, 2.24) is 9.78 Å². The van der Waals surface area contributed by atoms with Gasteiger partial charge in [-0.3, -0.25) is 9.89 Å². The van der Waals surface area contributed by atoms with Crippen LogP contribution in [0.25, 0.3) is 5.69 Å². The Morgan fingerprint density at radius 1 is 1.16 bits per heavy atom. The molecular weight excluding hydrogens is 236 g/mol. The molecule has 2 aromatic rings. The summed E-state index contributed by atoms with van der Waals surface area (Å²) in [4.78, 5) is 12.3. The van der Waals surface area contributed by atoms with Crippen molar-refractivity contribution in [3.8, 4) is 5.69 Å². The second-order valence-corrected chi connectivity index (χ2v) is 5.23. The molecule has 0 amide bonds. The maximum atomic E-state index is 12.3. The molecule has 3 heteroatoms. The molecule has 1 aromatic carbocycles. The number of nitrogens with zero attached hydrogens (tertiary/aromatic N) is 1. The maximum Gasteiger partial charge on any atom is 0.274 e. The molecule has 1 aromatic heterocycles. The largest absolute Gasteiger partial charge is 0.295 e. The van der Waals surface area contributed by atoms with Crippen molar-refractivity contribution < 1.29 is 0 Å². The third-order valence-electron chi connectivity index (χ3n) is 3.75. The third kappa shape index (κ3) is 2.65. The number of hydrogen-bond donors (Lipinski definition) is 1. The molecule has 0 aliphatic rings. The first-order chi connectivity index (χ1) is 9.04. The van der Waals surface area contributed by atoms with E-state index in [4.69, 9.17) is 0 Å². The van der Waals surface area contributed by atoms with E-state index < -0.39 is 0 Å². The summed E-state index contributed by atoms with van der Waals surface area (Å²) in [6.07, 6.45) is 3.18. The van der Waals surface area contributed by atoms with E-state index >= 15 is 0 Å². The summed E-state index contributed by atoms with van der Waals surface area (Å²) in [5, 5.41) is 3.25. The van der Waals surface area contributed by atoms with E-state index in [1.165, 1.54) is 11.1 Å². The van der Waals surface area contributed by atoms with Gasteiger partial charge in [0.15, 0.2) is 0 Å². The zero-order valence-electron chi connectivity index (χ0n) is 12.2. The van der Waals surface area contributed by atoms with E-state index in [-0.39, 0.29) is 5.56 Å². The minimum absolute atomic E-state index is 0.0642. The Hall–Kier alpha value is -1.77. The average molecular weight is 258 g/mol. The molecule has 0 aliphatic carbocycles. The highest BCUT2D eigenvalue weighted by molar-refractivity contribution is 5.39. The summed E-state index contributed by atoms with van der Waals surface area (Å²) < 4.78 is 1.66. The van der Waals surface area contributed by atoms with E-state index in [0.717, 1.165) is 36.2 Å². The lowest BCUT2D eigenvalue weighted by molar-refractivity contribution is 0.746. The second-order valence-electron chi connectivity index (χ2n) is 5.23. The van der Waals surface area contributed by atoms with E-state index in [0.29, 0.717) is 0 Å². The maximum absolute atomic E-state index is 12.3. The summed E-state index contributed by atoms with van der Waals surface area (Å²) in [5.74, 6) is 0. The van der Waals surface area contributed by atoms with Crippen LogP contribution in [0.4, 0.5) is 0 Å². The van der Waals surface area contributed by atoms with Crippen molar-refractivity contribution in [1.29, 1.82) is 0 Å². The predicted octanol–water partition coefficient (Wildman–Crippen LogP) is 3.43. The molecule has 1 heterocycles. The Bertz CT molecular complexity index is 635. The molecular formula is C16H22N2O. The summed E-state index contributed by atoms with van der Waals surface area (Å²) >= 11 is 0. The predicted molar refractivity (Wildman–Crippen MR) is 79.2 cm³/mol. The molecule has 3 nitrogen and oxygen atoms in total. The van der Waals surface area contributed by atoms with Crippen molar-refractivity contribution in [2.24, 2.45) is 0 Å². The lowest BCUT2D eigenvalue weighted by Gasteiger charge is -2.05. The second kappa shape index (κ2) is 5.47. The molecule has 102 valence electrons. The highest BCUT2D eigenvalue weighted by Gasteiger charge is 2.11. The molecule has 19 heavy (non-hydrogen) atoms. The molecule has 0 aliphatic heterocycles. The third-order valence-corrected chi connectivity index (χ3v) is 3.75. The topological polar surface area (TPSA) is 37.8 Å². The van der Waals surface area contributed by atoms with Crippen LogP contribution in [0.2, 0.25) is 0 Å². The Labute approximate surface area is 114 Å². The van der Waals surface area contributed by atoms with Gasteiger partial charge in [-0.1, -0.05) is 19.4 Å². The fourth-order valence-corrected chi connectivity index (χ4v) is 2.21. The number of hydrogen-bond acceptors (Lipinski definition) is 1. The van der Waals surface area contributed by atoms with Crippen molar-refractivity contribution in [3.63, 3.8) is 0 Å². The molecule has 0 unspecified atom stereocenters. The summed E-state index contributed by atoms with van der Waals surface area (Å²) in [6.45, 7) is 8.21. The number of unbranched alkanes of at least 4 members (excludes halogenated alkanes) is 1. The van der Waals surface area contributed by atoms with Crippen LogP contribution in [0.3, 0.4) is 0 Å². The fourth-order valence-electron chi connectivity index (χ4n) is 2.21. The molecule has 0 saturated heterocycles. The standard InChI is InChI=1S/C16H22N2O/c1-5-6-7-15-13(4)16(19)18(17-15)14-9-8-11(2)12(3)10-14/h8-10,17H,5-7H2,1-4H3. The van der Waals surface area contributed by atoms with Gasteiger partial charge in [-0.15, -0.1) is 0 Å². The van der Waals surface area contributed by atoms with Gasteiger partial charge in [-0.2, -0.15) is 0 Å². The summed E-state index contributed by atoms with van der Waals surface area (Å²) in [7, 11) is 0. The van der Waals surface area contributed by atoms with Gasteiger partial charge in [0.05, 0.1) is 5.69 Å². The smallest absolute Gasteiger partial charge is 0.274 e. The highest BCUT2D eigenvalue weighted by Crippen LogP contribution is 2.14. The van der Waals surface area contributed by atoms with Gasteiger partial charge < -0.3 is 0 Å². The number of nitrogens with one attached hydrogen (secondary N) is 1.